The smallest absolute Gasteiger partial charge is 0.0159 e. The van der Waals surface area contributed by atoms with E-state index in [0.717, 1.165) is 0 Å². The maximum absolute atomic E-state index is 3.98. The summed E-state index contributed by atoms with van der Waals surface area (Å²) in [6.07, 6.45) is 0. The maximum Gasteiger partial charge on any atom is 0.0159 e. The second-order valence-electron chi connectivity index (χ2n) is 2.91. The highest BCUT2D eigenvalue weighted by molar-refractivity contribution is 14.1. The number of aryl methyl sites for hydroxylation is 1. The van der Waals surface area contributed by atoms with Gasteiger partial charge in [-0.2, -0.15) is 0 Å². The minimum Gasteiger partial charge on any atom is -0.0584 e. The summed E-state index contributed by atoms with van der Waals surface area (Å²) in [4.78, 5) is 0. The zero-order valence-corrected chi connectivity index (χ0v) is 9.05. The number of benzene rings is 1. The molecule has 0 saturated carbocycles. The summed E-state index contributed by atoms with van der Waals surface area (Å²) in [7, 11) is 0. The normalized spacial score (nSPS) is 10.6. The van der Waals surface area contributed by atoms with Crippen LogP contribution in [0.5, 0.6) is 0 Å². The van der Waals surface area contributed by atoms with Crippen molar-refractivity contribution in [1.82, 2.24) is 0 Å². The lowest BCUT2D eigenvalue weighted by Gasteiger charge is -2.06. The van der Waals surface area contributed by atoms with Gasteiger partial charge in [-0.15, -0.1) is 0 Å². The first-order valence-electron chi connectivity index (χ1n) is 3.70. The summed E-state index contributed by atoms with van der Waals surface area (Å²) >= 11 is 2.34. The van der Waals surface area contributed by atoms with E-state index in [1.165, 1.54) is 14.7 Å². The van der Waals surface area contributed by atoms with Gasteiger partial charge in [-0.3, -0.25) is 0 Å². The molecule has 0 aliphatic heterocycles. The first-order valence-corrected chi connectivity index (χ1v) is 4.78. The summed E-state index contributed by atoms with van der Waals surface area (Å²) in [5.74, 6) is 0.394. The van der Waals surface area contributed by atoms with E-state index >= 15 is 0 Å². The van der Waals surface area contributed by atoms with E-state index in [-0.39, 0.29) is 0 Å². The van der Waals surface area contributed by atoms with Crippen LogP contribution < -0.4 is 0 Å². The Hall–Kier alpha value is -0.0500. The third kappa shape index (κ3) is 2.19. The van der Waals surface area contributed by atoms with Crippen molar-refractivity contribution in [2.45, 2.75) is 19.8 Å². The Balaban J connectivity index is 3.05. The van der Waals surface area contributed by atoms with E-state index < -0.39 is 0 Å². The largest absolute Gasteiger partial charge is 0.0584 e. The predicted octanol–water partition coefficient (Wildman–Crippen LogP) is 3.54. The topological polar surface area (TPSA) is 0 Å². The summed E-state index contributed by atoms with van der Waals surface area (Å²) in [6, 6.07) is 6.50. The van der Waals surface area contributed by atoms with Crippen LogP contribution in [-0.2, 0) is 0 Å². The number of hydrogen-bond donors (Lipinski definition) is 0. The molecule has 0 spiro atoms. The lowest BCUT2D eigenvalue weighted by Crippen LogP contribution is -1.89. The monoisotopic (exact) mass is 259 g/mol. The third-order valence-corrected chi connectivity index (χ3v) is 2.96. The van der Waals surface area contributed by atoms with E-state index in [9.17, 15) is 0 Å². The molecule has 0 N–H and O–H groups in total. The van der Waals surface area contributed by atoms with E-state index in [0.29, 0.717) is 5.92 Å². The molecule has 0 heterocycles. The van der Waals surface area contributed by atoms with Gasteiger partial charge < -0.3 is 0 Å². The van der Waals surface area contributed by atoms with Gasteiger partial charge in [-0.25, -0.2) is 0 Å². The Morgan fingerprint density at radius 3 is 2.55 bits per heavy atom. The first kappa shape index (κ1) is 9.04. The molecule has 59 valence electrons. The van der Waals surface area contributed by atoms with Gasteiger partial charge in [0.1, 0.15) is 0 Å². The highest BCUT2D eigenvalue weighted by Crippen LogP contribution is 2.18. The Kier molecular flexibility index (Phi) is 2.93. The molecule has 0 aromatic heterocycles. The van der Waals surface area contributed by atoms with E-state index in [1.54, 1.807) is 0 Å². The lowest BCUT2D eigenvalue weighted by molar-refractivity contribution is 0.960. The second-order valence-corrected chi connectivity index (χ2v) is 4.07. The fourth-order valence-corrected chi connectivity index (χ4v) is 1.31. The molecule has 0 fully saturated rings. The minimum atomic E-state index is 0.394. The van der Waals surface area contributed by atoms with Crippen LogP contribution in [0.4, 0.5) is 0 Å². The van der Waals surface area contributed by atoms with Crippen molar-refractivity contribution in [2.75, 3.05) is 0 Å². The molecule has 0 aliphatic carbocycles. The second kappa shape index (κ2) is 3.57. The Bertz CT molecular complexity index is 251. The van der Waals surface area contributed by atoms with Crippen LogP contribution in [0.2, 0.25) is 0 Å². The first-order chi connectivity index (χ1) is 5.11. The molecule has 1 unspecified atom stereocenters. The van der Waals surface area contributed by atoms with Crippen LogP contribution in [0.25, 0.3) is 0 Å². The van der Waals surface area contributed by atoms with Gasteiger partial charge in [0, 0.05) is 3.57 Å². The number of hydrogen-bond acceptors (Lipinski definition) is 0. The number of rotatable bonds is 1. The van der Waals surface area contributed by atoms with Crippen LogP contribution in [0.3, 0.4) is 0 Å². The minimum absolute atomic E-state index is 0.394. The van der Waals surface area contributed by atoms with Crippen LogP contribution in [0, 0.1) is 17.4 Å². The van der Waals surface area contributed by atoms with Gasteiger partial charge in [0.15, 0.2) is 0 Å². The summed E-state index contributed by atoms with van der Waals surface area (Å²) < 4.78 is 1.33. The molecule has 1 aromatic rings. The standard InChI is InChI=1S/C10H12I/c1-7(2)9-4-5-10(11)8(3)6-9/h4-7H,1H2,2-3H3. The quantitative estimate of drug-likeness (QED) is 0.677. The summed E-state index contributed by atoms with van der Waals surface area (Å²) in [5.41, 5.74) is 2.67. The summed E-state index contributed by atoms with van der Waals surface area (Å²) in [5, 5.41) is 0. The molecule has 0 amide bonds. The molecule has 1 radical (unpaired) electrons. The molecule has 0 nitrogen and oxygen atoms in total. The Labute approximate surface area is 82.2 Å². The van der Waals surface area contributed by atoms with Crippen molar-refractivity contribution >= 4 is 22.6 Å². The van der Waals surface area contributed by atoms with Crippen molar-refractivity contribution in [2.24, 2.45) is 0 Å². The maximum atomic E-state index is 3.98. The zero-order chi connectivity index (χ0) is 8.43. The van der Waals surface area contributed by atoms with Crippen LogP contribution in [0.15, 0.2) is 18.2 Å². The van der Waals surface area contributed by atoms with Gasteiger partial charge in [0.05, 0.1) is 0 Å². The van der Waals surface area contributed by atoms with Gasteiger partial charge in [-0.05, 0) is 59.5 Å². The molecule has 1 heteroatoms. The predicted molar refractivity (Wildman–Crippen MR) is 57.7 cm³/mol. The van der Waals surface area contributed by atoms with Crippen LogP contribution in [-0.4, -0.2) is 0 Å². The molecule has 0 bridgehead atoms. The van der Waals surface area contributed by atoms with Crippen molar-refractivity contribution < 1.29 is 0 Å². The molecular weight excluding hydrogens is 247 g/mol. The molecule has 1 atom stereocenters. The molecule has 1 rings (SSSR count). The molecule has 0 aliphatic rings. The van der Waals surface area contributed by atoms with E-state index in [2.05, 4.69) is 61.6 Å². The van der Waals surface area contributed by atoms with Gasteiger partial charge in [0.25, 0.3) is 0 Å². The van der Waals surface area contributed by atoms with Crippen LogP contribution in [0.1, 0.15) is 24.0 Å². The highest BCUT2D eigenvalue weighted by Gasteiger charge is 2.00. The van der Waals surface area contributed by atoms with Crippen molar-refractivity contribution in [3.05, 3.63) is 39.8 Å². The fraction of sp³-hybridized carbons (Fsp3) is 0.300. The average molecular weight is 259 g/mol. The van der Waals surface area contributed by atoms with Crippen molar-refractivity contribution in [3.8, 4) is 0 Å². The average Bonchev–Trinajstić information content (AvgIpc) is 1.94. The molecule has 1 aromatic carbocycles. The summed E-state index contributed by atoms with van der Waals surface area (Å²) in [6.45, 7) is 8.22. The fourth-order valence-electron chi connectivity index (χ4n) is 0.974. The van der Waals surface area contributed by atoms with Gasteiger partial charge >= 0.3 is 0 Å². The van der Waals surface area contributed by atoms with Crippen molar-refractivity contribution in [3.63, 3.8) is 0 Å². The zero-order valence-electron chi connectivity index (χ0n) is 6.89. The Morgan fingerprint density at radius 2 is 2.09 bits per heavy atom. The Morgan fingerprint density at radius 1 is 1.45 bits per heavy atom. The number of halogens is 1. The van der Waals surface area contributed by atoms with E-state index in [1.807, 2.05) is 0 Å². The SMILES string of the molecule is [CH2]C(C)c1ccc(I)c(C)c1. The van der Waals surface area contributed by atoms with Gasteiger partial charge in [0.2, 0.25) is 0 Å². The third-order valence-electron chi connectivity index (χ3n) is 1.75. The van der Waals surface area contributed by atoms with Crippen LogP contribution >= 0.6 is 22.6 Å². The highest BCUT2D eigenvalue weighted by atomic mass is 127. The molecular formula is C10H12I. The van der Waals surface area contributed by atoms with E-state index in [4.69, 9.17) is 0 Å². The molecule has 0 saturated heterocycles. The van der Waals surface area contributed by atoms with Crippen molar-refractivity contribution in [1.29, 1.82) is 0 Å². The van der Waals surface area contributed by atoms with Gasteiger partial charge in [-0.1, -0.05) is 19.1 Å². The molecule has 11 heavy (non-hydrogen) atoms. The lowest BCUT2D eigenvalue weighted by atomic mass is 10.0.